The molecule has 0 spiro atoms. The Kier molecular flexibility index (Phi) is 9.16. The quantitative estimate of drug-likeness (QED) is 0.446. The van der Waals surface area contributed by atoms with Crippen LogP contribution in [0.15, 0.2) is 0 Å². The molecule has 6 heteroatoms. The third-order valence-electron chi connectivity index (χ3n) is 2.33. The van der Waals surface area contributed by atoms with Gasteiger partial charge in [-0.15, -0.1) is 0 Å². The SMILES string of the molecule is CCCCCS(=O)(=O)CCCCCS(=O)[O-]. The summed E-state index contributed by atoms with van der Waals surface area (Å²) in [7, 11) is -2.91. The molecule has 4 nitrogen and oxygen atoms in total. The molecule has 16 heavy (non-hydrogen) atoms. The minimum atomic E-state index is -2.91. The van der Waals surface area contributed by atoms with Crippen LogP contribution in [0.5, 0.6) is 0 Å². The molecule has 0 fully saturated rings. The van der Waals surface area contributed by atoms with Gasteiger partial charge in [-0.2, -0.15) is 0 Å². The molecule has 98 valence electrons. The van der Waals surface area contributed by atoms with Crippen molar-refractivity contribution in [2.75, 3.05) is 17.3 Å². The lowest BCUT2D eigenvalue weighted by Gasteiger charge is -2.05. The van der Waals surface area contributed by atoms with Gasteiger partial charge in [0.05, 0.1) is 11.5 Å². The van der Waals surface area contributed by atoms with Crippen molar-refractivity contribution in [3.05, 3.63) is 0 Å². The van der Waals surface area contributed by atoms with E-state index in [1.165, 1.54) is 0 Å². The van der Waals surface area contributed by atoms with Crippen molar-refractivity contribution in [2.45, 2.75) is 45.4 Å². The molecule has 0 aliphatic rings. The van der Waals surface area contributed by atoms with Crippen LogP contribution in [0.2, 0.25) is 0 Å². The van der Waals surface area contributed by atoms with E-state index in [0.717, 1.165) is 19.3 Å². The predicted molar refractivity (Wildman–Crippen MR) is 65.8 cm³/mol. The second-order valence-electron chi connectivity index (χ2n) is 3.93. The second kappa shape index (κ2) is 9.13. The van der Waals surface area contributed by atoms with Crippen LogP contribution < -0.4 is 0 Å². The summed E-state index contributed by atoms with van der Waals surface area (Å²) in [6.07, 6.45) is 4.51. The van der Waals surface area contributed by atoms with Crippen LogP contribution in [0.1, 0.15) is 45.4 Å². The van der Waals surface area contributed by atoms with Gasteiger partial charge in [-0.3, -0.25) is 4.21 Å². The summed E-state index contributed by atoms with van der Waals surface area (Å²) in [5.74, 6) is 0.604. The molecule has 0 aromatic rings. The highest BCUT2D eigenvalue weighted by molar-refractivity contribution is 7.91. The zero-order valence-electron chi connectivity index (χ0n) is 9.81. The van der Waals surface area contributed by atoms with Gasteiger partial charge in [-0.05, 0) is 19.3 Å². The molecule has 0 saturated heterocycles. The minimum Gasteiger partial charge on any atom is -0.772 e. The molecule has 0 N–H and O–H groups in total. The van der Waals surface area contributed by atoms with Gasteiger partial charge in [-0.1, -0.05) is 37.3 Å². The van der Waals surface area contributed by atoms with Crippen molar-refractivity contribution >= 4 is 20.9 Å². The molecule has 0 aromatic heterocycles. The summed E-state index contributed by atoms with van der Waals surface area (Å²) < 4.78 is 43.4. The average molecular weight is 269 g/mol. The first-order chi connectivity index (χ1) is 7.48. The average Bonchev–Trinajstić information content (AvgIpc) is 2.16. The molecule has 1 atom stereocenters. The fourth-order valence-corrected chi connectivity index (χ4v) is 3.32. The summed E-state index contributed by atoms with van der Waals surface area (Å²) >= 11 is -2.00. The molecule has 0 aliphatic heterocycles. The maximum atomic E-state index is 11.5. The van der Waals surface area contributed by atoms with E-state index in [1.807, 2.05) is 6.92 Å². The Hall–Kier alpha value is 0.0600. The first-order valence-electron chi connectivity index (χ1n) is 5.74. The molecule has 0 aromatic carbocycles. The van der Waals surface area contributed by atoms with Crippen LogP contribution in [-0.2, 0) is 20.9 Å². The van der Waals surface area contributed by atoms with Crippen LogP contribution in [0, 0.1) is 0 Å². The van der Waals surface area contributed by atoms with Gasteiger partial charge < -0.3 is 4.55 Å². The van der Waals surface area contributed by atoms with E-state index in [9.17, 15) is 17.2 Å². The fourth-order valence-electron chi connectivity index (χ4n) is 1.39. The largest absolute Gasteiger partial charge is 0.772 e. The van der Waals surface area contributed by atoms with Crippen LogP contribution in [0.4, 0.5) is 0 Å². The van der Waals surface area contributed by atoms with E-state index in [0.29, 0.717) is 19.3 Å². The van der Waals surface area contributed by atoms with Crippen LogP contribution in [0.3, 0.4) is 0 Å². The summed E-state index contributed by atoms with van der Waals surface area (Å²) in [6.45, 7) is 2.04. The summed E-state index contributed by atoms with van der Waals surface area (Å²) in [4.78, 5) is 0. The Morgan fingerprint density at radius 1 is 1.00 bits per heavy atom. The Balaban J connectivity index is 3.54. The van der Waals surface area contributed by atoms with Crippen molar-refractivity contribution in [3.8, 4) is 0 Å². The van der Waals surface area contributed by atoms with E-state index < -0.39 is 20.9 Å². The maximum Gasteiger partial charge on any atom is 0.150 e. The Morgan fingerprint density at radius 3 is 2.06 bits per heavy atom. The third kappa shape index (κ3) is 10.6. The standard InChI is InChI=1S/C10H22O4S2/c1-2-3-6-9-16(13,14)10-7-4-5-8-15(11)12/h2-10H2,1H3,(H,11,12)/p-1. The number of rotatable bonds is 10. The zero-order valence-corrected chi connectivity index (χ0v) is 11.4. The van der Waals surface area contributed by atoms with Gasteiger partial charge in [-0.25, -0.2) is 8.42 Å². The van der Waals surface area contributed by atoms with Crippen LogP contribution in [0.25, 0.3) is 0 Å². The summed E-state index contributed by atoms with van der Waals surface area (Å²) in [6, 6.07) is 0. The molecule has 0 radical (unpaired) electrons. The lowest BCUT2D eigenvalue weighted by molar-refractivity contribution is 0.533. The second-order valence-corrected chi connectivity index (χ2v) is 7.25. The van der Waals surface area contributed by atoms with Gasteiger partial charge in [0.1, 0.15) is 9.84 Å². The van der Waals surface area contributed by atoms with Crippen molar-refractivity contribution in [1.29, 1.82) is 0 Å². The van der Waals surface area contributed by atoms with Crippen molar-refractivity contribution in [1.82, 2.24) is 0 Å². The third-order valence-corrected chi connectivity index (χ3v) is 4.77. The predicted octanol–water partition coefficient (Wildman–Crippen LogP) is 1.64. The monoisotopic (exact) mass is 269 g/mol. The highest BCUT2D eigenvalue weighted by Gasteiger charge is 2.09. The lowest BCUT2D eigenvalue weighted by Crippen LogP contribution is -2.11. The molecular weight excluding hydrogens is 248 g/mol. The Bertz CT molecular complexity index is 285. The van der Waals surface area contributed by atoms with Gasteiger partial charge >= 0.3 is 0 Å². The zero-order chi connectivity index (χ0) is 12.4. The first kappa shape index (κ1) is 16.1. The van der Waals surface area contributed by atoms with E-state index in [2.05, 4.69) is 0 Å². The number of sulfone groups is 1. The van der Waals surface area contributed by atoms with Crippen molar-refractivity contribution in [2.24, 2.45) is 0 Å². The van der Waals surface area contributed by atoms with Crippen molar-refractivity contribution < 1.29 is 17.2 Å². The molecule has 0 aliphatic carbocycles. The number of unbranched alkanes of at least 4 members (excludes halogenated alkanes) is 4. The Labute approximate surface area is 101 Å². The molecular formula is C10H21O4S2-. The van der Waals surface area contributed by atoms with Gasteiger partial charge in [0.2, 0.25) is 0 Å². The van der Waals surface area contributed by atoms with Crippen molar-refractivity contribution in [3.63, 3.8) is 0 Å². The van der Waals surface area contributed by atoms with Gasteiger partial charge in [0.15, 0.2) is 0 Å². The topological polar surface area (TPSA) is 74.3 Å². The number of hydrogen-bond acceptors (Lipinski definition) is 4. The van der Waals surface area contributed by atoms with E-state index >= 15 is 0 Å². The molecule has 0 bridgehead atoms. The molecule has 0 heterocycles. The summed E-state index contributed by atoms with van der Waals surface area (Å²) in [5.41, 5.74) is 0. The summed E-state index contributed by atoms with van der Waals surface area (Å²) in [5, 5.41) is 0. The van der Waals surface area contributed by atoms with E-state index in [1.54, 1.807) is 0 Å². The minimum absolute atomic E-state index is 0.135. The van der Waals surface area contributed by atoms with Crippen LogP contribution >= 0.6 is 0 Å². The van der Waals surface area contributed by atoms with E-state index in [-0.39, 0.29) is 17.3 Å². The van der Waals surface area contributed by atoms with E-state index in [4.69, 9.17) is 0 Å². The highest BCUT2D eigenvalue weighted by atomic mass is 32.2. The molecule has 0 saturated carbocycles. The lowest BCUT2D eigenvalue weighted by atomic mass is 10.3. The smallest absolute Gasteiger partial charge is 0.150 e. The molecule has 1 unspecified atom stereocenters. The first-order valence-corrected chi connectivity index (χ1v) is 8.81. The fraction of sp³-hybridized carbons (Fsp3) is 1.00. The highest BCUT2D eigenvalue weighted by Crippen LogP contribution is 2.05. The maximum absolute atomic E-state index is 11.5. The number of hydrogen-bond donors (Lipinski definition) is 0. The van der Waals surface area contributed by atoms with Gasteiger partial charge in [0.25, 0.3) is 0 Å². The normalized spacial score (nSPS) is 13.9. The molecule has 0 amide bonds. The molecule has 0 rings (SSSR count). The van der Waals surface area contributed by atoms with Gasteiger partial charge in [0, 0.05) is 5.75 Å². The van der Waals surface area contributed by atoms with Crippen LogP contribution in [-0.4, -0.2) is 34.4 Å². The Morgan fingerprint density at radius 2 is 1.56 bits per heavy atom.